The van der Waals surface area contributed by atoms with Gasteiger partial charge in [0.05, 0.1) is 16.8 Å². The highest BCUT2D eigenvalue weighted by Crippen LogP contribution is 2.17. The first-order chi connectivity index (χ1) is 7.65. The fourth-order valence-corrected chi connectivity index (χ4v) is 1.99. The number of hydrogen-bond donors (Lipinski definition) is 2. The molecule has 0 saturated carbocycles. The molecule has 0 aliphatic rings. The van der Waals surface area contributed by atoms with Crippen LogP contribution in [0.2, 0.25) is 0 Å². The second kappa shape index (κ2) is 4.32. The third kappa shape index (κ3) is 2.38. The van der Waals surface area contributed by atoms with E-state index in [0.29, 0.717) is 16.4 Å². The molecule has 2 aromatic heterocycles. The van der Waals surface area contributed by atoms with Crippen molar-refractivity contribution in [3.63, 3.8) is 0 Å². The molecule has 16 heavy (non-hydrogen) atoms. The summed E-state index contributed by atoms with van der Waals surface area (Å²) in [6, 6.07) is 7.09. The number of nitrogens with one attached hydrogen (secondary N) is 1. The second-order valence-corrected chi connectivity index (χ2v) is 4.62. The molecule has 0 spiro atoms. The first kappa shape index (κ1) is 10.6. The molecule has 0 unspecified atom stereocenters. The van der Waals surface area contributed by atoms with Crippen LogP contribution in [0.1, 0.15) is 14.5 Å². The van der Waals surface area contributed by atoms with E-state index in [1.165, 1.54) is 17.5 Å². The normalized spacial score (nSPS) is 10.1. The number of anilines is 2. The Kier molecular flexibility index (Phi) is 2.87. The summed E-state index contributed by atoms with van der Waals surface area (Å²) in [6.45, 7) is 1.96. The number of pyridine rings is 1. The summed E-state index contributed by atoms with van der Waals surface area (Å²) in [6.07, 6.45) is 1.54. The molecule has 0 radical (unpaired) electrons. The number of carbonyl (C=O) groups is 1. The number of thiophene rings is 1. The van der Waals surface area contributed by atoms with Crippen LogP contribution in [0.25, 0.3) is 0 Å². The Morgan fingerprint density at radius 2 is 2.19 bits per heavy atom. The Labute approximate surface area is 97.1 Å². The minimum atomic E-state index is -0.121. The number of aryl methyl sites for hydroxylation is 1. The molecule has 2 rings (SSSR count). The van der Waals surface area contributed by atoms with Crippen molar-refractivity contribution in [2.45, 2.75) is 6.92 Å². The standard InChI is InChI=1S/C11H11N3OS/c1-7-2-4-9(16-7)11(15)14-8-3-5-10(12)13-6-8/h2-6H,1H3,(H2,12,13)(H,14,15). The predicted octanol–water partition coefficient (Wildman–Crippen LogP) is 2.29. The molecule has 0 bridgehead atoms. The van der Waals surface area contributed by atoms with E-state index in [0.717, 1.165) is 4.88 Å². The first-order valence-corrected chi connectivity index (χ1v) is 5.56. The number of nitrogens with two attached hydrogens (primary N) is 1. The Bertz CT molecular complexity index is 504. The lowest BCUT2D eigenvalue weighted by Gasteiger charge is -2.02. The molecule has 0 aliphatic heterocycles. The Hall–Kier alpha value is -1.88. The number of rotatable bonds is 2. The van der Waals surface area contributed by atoms with Crippen LogP contribution in [-0.4, -0.2) is 10.9 Å². The summed E-state index contributed by atoms with van der Waals surface area (Å²) in [5, 5.41) is 2.75. The molecule has 3 N–H and O–H groups in total. The monoisotopic (exact) mass is 233 g/mol. The van der Waals surface area contributed by atoms with Crippen LogP contribution in [0, 0.1) is 6.92 Å². The van der Waals surface area contributed by atoms with E-state index in [4.69, 9.17) is 5.73 Å². The van der Waals surface area contributed by atoms with Crippen molar-refractivity contribution in [3.8, 4) is 0 Å². The summed E-state index contributed by atoms with van der Waals surface area (Å²) in [7, 11) is 0. The van der Waals surface area contributed by atoms with E-state index >= 15 is 0 Å². The average molecular weight is 233 g/mol. The quantitative estimate of drug-likeness (QED) is 0.836. The molecule has 0 aromatic carbocycles. The van der Waals surface area contributed by atoms with Gasteiger partial charge in [0.1, 0.15) is 5.82 Å². The van der Waals surface area contributed by atoms with Gasteiger partial charge in [0.25, 0.3) is 5.91 Å². The molecule has 4 nitrogen and oxygen atoms in total. The maximum Gasteiger partial charge on any atom is 0.265 e. The minimum Gasteiger partial charge on any atom is -0.384 e. The highest BCUT2D eigenvalue weighted by molar-refractivity contribution is 7.14. The number of aromatic nitrogens is 1. The smallest absolute Gasteiger partial charge is 0.265 e. The van der Waals surface area contributed by atoms with Crippen LogP contribution in [-0.2, 0) is 0 Å². The van der Waals surface area contributed by atoms with E-state index in [1.807, 2.05) is 13.0 Å². The topological polar surface area (TPSA) is 68.0 Å². The van der Waals surface area contributed by atoms with E-state index in [2.05, 4.69) is 10.3 Å². The van der Waals surface area contributed by atoms with Crippen LogP contribution in [0.15, 0.2) is 30.5 Å². The van der Waals surface area contributed by atoms with Crippen molar-refractivity contribution >= 4 is 28.7 Å². The van der Waals surface area contributed by atoms with Crippen molar-refractivity contribution in [1.82, 2.24) is 4.98 Å². The molecule has 0 atom stereocenters. The number of nitrogen functional groups attached to an aromatic ring is 1. The third-order valence-corrected chi connectivity index (χ3v) is 3.01. The number of carbonyl (C=O) groups excluding carboxylic acids is 1. The van der Waals surface area contributed by atoms with Gasteiger partial charge >= 0.3 is 0 Å². The van der Waals surface area contributed by atoms with Gasteiger partial charge in [-0.05, 0) is 31.2 Å². The number of nitrogens with zero attached hydrogens (tertiary/aromatic N) is 1. The zero-order valence-electron chi connectivity index (χ0n) is 8.73. The lowest BCUT2D eigenvalue weighted by molar-refractivity contribution is 0.103. The van der Waals surface area contributed by atoms with Crippen LogP contribution in [0.4, 0.5) is 11.5 Å². The molecule has 1 amide bonds. The van der Waals surface area contributed by atoms with Crippen LogP contribution in [0.3, 0.4) is 0 Å². The minimum absolute atomic E-state index is 0.121. The van der Waals surface area contributed by atoms with Crippen molar-refractivity contribution in [2.75, 3.05) is 11.1 Å². The Balaban J connectivity index is 2.10. The number of hydrogen-bond acceptors (Lipinski definition) is 4. The van der Waals surface area contributed by atoms with Crippen LogP contribution < -0.4 is 11.1 Å². The molecular formula is C11H11N3OS. The second-order valence-electron chi connectivity index (χ2n) is 3.34. The van der Waals surface area contributed by atoms with Gasteiger partial charge in [0, 0.05) is 4.88 Å². The molecule has 5 heteroatoms. The van der Waals surface area contributed by atoms with Crippen molar-refractivity contribution < 1.29 is 4.79 Å². The van der Waals surface area contributed by atoms with Gasteiger partial charge in [-0.1, -0.05) is 0 Å². The van der Waals surface area contributed by atoms with Gasteiger partial charge in [0.2, 0.25) is 0 Å². The SMILES string of the molecule is Cc1ccc(C(=O)Nc2ccc(N)nc2)s1. The Morgan fingerprint density at radius 3 is 2.75 bits per heavy atom. The van der Waals surface area contributed by atoms with Gasteiger partial charge in [-0.15, -0.1) is 11.3 Å². The summed E-state index contributed by atoms with van der Waals surface area (Å²) >= 11 is 1.46. The van der Waals surface area contributed by atoms with Crippen molar-refractivity contribution in [1.29, 1.82) is 0 Å². The predicted molar refractivity (Wildman–Crippen MR) is 65.7 cm³/mol. The summed E-state index contributed by atoms with van der Waals surface area (Å²) < 4.78 is 0. The fraction of sp³-hybridized carbons (Fsp3) is 0.0909. The average Bonchev–Trinajstić information content (AvgIpc) is 2.68. The van der Waals surface area contributed by atoms with E-state index in [1.54, 1.807) is 18.2 Å². The van der Waals surface area contributed by atoms with Crippen LogP contribution in [0.5, 0.6) is 0 Å². The largest absolute Gasteiger partial charge is 0.384 e. The van der Waals surface area contributed by atoms with E-state index in [-0.39, 0.29) is 5.91 Å². The van der Waals surface area contributed by atoms with Crippen LogP contribution >= 0.6 is 11.3 Å². The number of amides is 1. The summed E-state index contributed by atoms with van der Waals surface area (Å²) in [5.74, 6) is 0.314. The molecule has 0 saturated heterocycles. The maximum atomic E-state index is 11.8. The van der Waals surface area contributed by atoms with E-state index < -0.39 is 0 Å². The lowest BCUT2D eigenvalue weighted by atomic mass is 10.3. The zero-order chi connectivity index (χ0) is 11.5. The molecule has 2 aromatic rings. The van der Waals surface area contributed by atoms with Gasteiger partial charge in [-0.3, -0.25) is 4.79 Å². The van der Waals surface area contributed by atoms with Gasteiger partial charge in [0.15, 0.2) is 0 Å². The molecule has 2 heterocycles. The molecule has 0 aliphatic carbocycles. The third-order valence-electron chi connectivity index (χ3n) is 2.01. The van der Waals surface area contributed by atoms with Crippen molar-refractivity contribution in [2.24, 2.45) is 0 Å². The molecule has 82 valence electrons. The zero-order valence-corrected chi connectivity index (χ0v) is 9.54. The fourth-order valence-electron chi connectivity index (χ4n) is 1.23. The Morgan fingerprint density at radius 1 is 1.38 bits per heavy atom. The highest BCUT2D eigenvalue weighted by Gasteiger charge is 2.07. The van der Waals surface area contributed by atoms with Gasteiger partial charge < -0.3 is 11.1 Å². The van der Waals surface area contributed by atoms with E-state index in [9.17, 15) is 4.79 Å². The highest BCUT2D eigenvalue weighted by atomic mass is 32.1. The van der Waals surface area contributed by atoms with Gasteiger partial charge in [-0.2, -0.15) is 0 Å². The summed E-state index contributed by atoms with van der Waals surface area (Å²) in [5.41, 5.74) is 6.09. The van der Waals surface area contributed by atoms with Gasteiger partial charge in [-0.25, -0.2) is 4.98 Å². The maximum absolute atomic E-state index is 11.8. The van der Waals surface area contributed by atoms with Crippen molar-refractivity contribution in [3.05, 3.63) is 40.2 Å². The summed E-state index contributed by atoms with van der Waals surface area (Å²) in [4.78, 5) is 17.5. The lowest BCUT2D eigenvalue weighted by Crippen LogP contribution is -2.10. The first-order valence-electron chi connectivity index (χ1n) is 4.74. The molecular weight excluding hydrogens is 222 g/mol. The molecule has 0 fully saturated rings.